The van der Waals surface area contributed by atoms with Gasteiger partial charge < -0.3 is 14.6 Å². The van der Waals surface area contributed by atoms with Crippen molar-refractivity contribution in [2.75, 3.05) is 18.6 Å². The molecule has 5 nitrogen and oxygen atoms in total. The highest BCUT2D eigenvalue weighted by Crippen LogP contribution is 2.53. The van der Waals surface area contributed by atoms with E-state index in [2.05, 4.69) is 41.7 Å². The maximum Gasteiger partial charge on any atom is 0.156 e. The summed E-state index contributed by atoms with van der Waals surface area (Å²) in [5, 5.41) is 1.04. The molecule has 2 aromatic heterocycles. The smallest absolute Gasteiger partial charge is 0.156 e. The van der Waals surface area contributed by atoms with E-state index in [-0.39, 0.29) is 0 Å². The minimum absolute atomic E-state index is 0.368. The van der Waals surface area contributed by atoms with Gasteiger partial charge in [0.25, 0.3) is 0 Å². The van der Waals surface area contributed by atoms with Crippen molar-refractivity contribution >= 4 is 27.8 Å². The van der Waals surface area contributed by atoms with Gasteiger partial charge >= 0.3 is 0 Å². The van der Waals surface area contributed by atoms with Crippen LogP contribution in [-0.2, 0) is 0 Å². The second-order valence-corrected chi connectivity index (χ2v) is 9.27. The minimum atomic E-state index is 0.368. The molecular formula is C21H26N4O. The average Bonchev–Trinajstić information content (AvgIpc) is 3.08. The predicted molar refractivity (Wildman–Crippen MR) is 105 cm³/mol. The SMILES string of the molecule is COc1cccc2[nH]c3c(N4CC5(C)CC4CC(C)(C)C5)ncnc3c12. The van der Waals surface area contributed by atoms with Gasteiger partial charge in [0.2, 0.25) is 0 Å². The number of hydrogen-bond donors (Lipinski definition) is 1. The molecule has 5 rings (SSSR count). The van der Waals surface area contributed by atoms with Crippen molar-refractivity contribution in [3.8, 4) is 5.75 Å². The maximum atomic E-state index is 5.58. The monoisotopic (exact) mass is 350 g/mol. The zero-order valence-corrected chi connectivity index (χ0v) is 16.0. The van der Waals surface area contributed by atoms with E-state index in [0.29, 0.717) is 16.9 Å². The Kier molecular flexibility index (Phi) is 3.13. The number of anilines is 1. The van der Waals surface area contributed by atoms with Crippen LogP contribution in [0.25, 0.3) is 21.9 Å². The third kappa shape index (κ3) is 2.22. The van der Waals surface area contributed by atoms with E-state index in [0.717, 1.165) is 40.0 Å². The van der Waals surface area contributed by atoms with E-state index in [4.69, 9.17) is 9.72 Å². The first-order chi connectivity index (χ1) is 12.4. The predicted octanol–water partition coefficient (Wildman–Crippen LogP) is 4.52. The van der Waals surface area contributed by atoms with Crippen LogP contribution in [0.1, 0.15) is 40.0 Å². The number of fused-ring (bicyclic) bond motifs is 5. The number of nitrogens with zero attached hydrogens (tertiary/aromatic N) is 3. The molecule has 3 heterocycles. The molecule has 0 radical (unpaired) electrons. The van der Waals surface area contributed by atoms with Crippen molar-refractivity contribution in [3.05, 3.63) is 24.5 Å². The second kappa shape index (κ2) is 5.12. The van der Waals surface area contributed by atoms with Gasteiger partial charge in [-0.3, -0.25) is 0 Å². The summed E-state index contributed by atoms with van der Waals surface area (Å²) in [5.41, 5.74) is 3.79. The van der Waals surface area contributed by atoms with Gasteiger partial charge in [0.15, 0.2) is 5.82 Å². The van der Waals surface area contributed by atoms with Crippen LogP contribution in [0.5, 0.6) is 5.75 Å². The lowest BCUT2D eigenvalue weighted by molar-refractivity contribution is 0.136. The summed E-state index contributed by atoms with van der Waals surface area (Å²) in [6, 6.07) is 6.63. The molecule has 1 aliphatic heterocycles. The van der Waals surface area contributed by atoms with Crippen LogP contribution in [-0.4, -0.2) is 34.6 Å². The fourth-order valence-corrected chi connectivity index (χ4v) is 5.79. The van der Waals surface area contributed by atoms with Crippen molar-refractivity contribution in [2.45, 2.75) is 46.1 Å². The Hall–Kier alpha value is -2.30. The van der Waals surface area contributed by atoms with Gasteiger partial charge in [-0.1, -0.05) is 26.8 Å². The van der Waals surface area contributed by atoms with E-state index in [1.807, 2.05) is 12.1 Å². The van der Waals surface area contributed by atoms with Gasteiger partial charge in [-0.15, -0.1) is 0 Å². The number of rotatable bonds is 2. The number of hydrogen-bond acceptors (Lipinski definition) is 4. The second-order valence-electron chi connectivity index (χ2n) is 9.27. The molecule has 1 aromatic carbocycles. The lowest BCUT2D eigenvalue weighted by Crippen LogP contribution is -2.35. The third-order valence-corrected chi connectivity index (χ3v) is 6.26. The van der Waals surface area contributed by atoms with Crippen molar-refractivity contribution < 1.29 is 4.74 Å². The Bertz CT molecular complexity index is 1010. The van der Waals surface area contributed by atoms with Gasteiger partial charge in [-0.05, 0) is 42.2 Å². The Labute approximate surface area is 153 Å². The maximum absolute atomic E-state index is 5.58. The molecule has 2 fully saturated rings. The molecule has 2 unspecified atom stereocenters. The van der Waals surface area contributed by atoms with Crippen LogP contribution < -0.4 is 9.64 Å². The van der Waals surface area contributed by atoms with Crippen molar-refractivity contribution in [1.29, 1.82) is 0 Å². The number of H-pyrrole nitrogens is 1. The molecule has 0 spiro atoms. The molecule has 3 aromatic rings. The molecule has 5 heteroatoms. The minimum Gasteiger partial charge on any atom is -0.496 e. The Morgan fingerprint density at radius 2 is 2.04 bits per heavy atom. The van der Waals surface area contributed by atoms with Gasteiger partial charge in [0.1, 0.15) is 23.1 Å². The topological polar surface area (TPSA) is 54.0 Å². The summed E-state index contributed by atoms with van der Waals surface area (Å²) in [5.74, 6) is 1.89. The van der Waals surface area contributed by atoms with Crippen LogP contribution in [0.15, 0.2) is 24.5 Å². The summed E-state index contributed by atoms with van der Waals surface area (Å²) >= 11 is 0. The molecule has 2 aliphatic rings. The normalized spacial score (nSPS) is 27.4. The molecule has 26 heavy (non-hydrogen) atoms. The number of methoxy groups -OCH3 is 1. The standard InChI is InChI=1S/C21H26N4O/c1-20(2)8-13-9-21(3,10-20)11-25(13)19-18-17(22-12-23-19)16-14(24-18)6-5-7-15(16)26-4/h5-7,12-13,24H,8-11H2,1-4H3. The Morgan fingerprint density at radius 3 is 2.85 bits per heavy atom. The number of aromatic nitrogens is 3. The van der Waals surface area contributed by atoms with E-state index in [1.54, 1.807) is 13.4 Å². The lowest BCUT2D eigenvalue weighted by Gasteiger charge is -2.39. The van der Waals surface area contributed by atoms with E-state index in [9.17, 15) is 0 Å². The largest absolute Gasteiger partial charge is 0.496 e. The first kappa shape index (κ1) is 15.9. The molecule has 136 valence electrons. The van der Waals surface area contributed by atoms with Crippen LogP contribution in [0.2, 0.25) is 0 Å². The van der Waals surface area contributed by atoms with Crippen LogP contribution in [0, 0.1) is 10.8 Å². The Morgan fingerprint density at radius 1 is 1.19 bits per heavy atom. The van der Waals surface area contributed by atoms with E-state index < -0.39 is 0 Å². The van der Waals surface area contributed by atoms with Crippen LogP contribution in [0.4, 0.5) is 5.82 Å². The highest BCUT2D eigenvalue weighted by atomic mass is 16.5. The zero-order valence-electron chi connectivity index (χ0n) is 16.0. The van der Waals surface area contributed by atoms with Crippen molar-refractivity contribution in [2.24, 2.45) is 10.8 Å². The highest BCUT2D eigenvalue weighted by molar-refractivity contribution is 6.11. The van der Waals surface area contributed by atoms with Gasteiger partial charge in [-0.2, -0.15) is 0 Å². The number of aromatic amines is 1. The van der Waals surface area contributed by atoms with Crippen LogP contribution in [0.3, 0.4) is 0 Å². The molecule has 1 N–H and O–H groups in total. The number of benzene rings is 1. The summed E-state index contributed by atoms with van der Waals surface area (Å²) in [6.07, 6.45) is 5.46. The first-order valence-corrected chi connectivity index (χ1v) is 9.45. The third-order valence-electron chi connectivity index (χ3n) is 6.26. The zero-order chi connectivity index (χ0) is 18.1. The molecule has 1 saturated heterocycles. The Balaban J connectivity index is 1.69. The summed E-state index contributed by atoms with van der Waals surface area (Å²) in [7, 11) is 1.71. The molecule has 2 atom stereocenters. The highest BCUT2D eigenvalue weighted by Gasteiger charge is 2.50. The van der Waals surface area contributed by atoms with Gasteiger partial charge in [0, 0.05) is 12.6 Å². The lowest BCUT2D eigenvalue weighted by atomic mass is 9.65. The fourth-order valence-electron chi connectivity index (χ4n) is 5.79. The summed E-state index contributed by atoms with van der Waals surface area (Å²) in [6.45, 7) is 8.32. The molecule has 1 saturated carbocycles. The molecular weight excluding hydrogens is 324 g/mol. The molecule has 1 aliphatic carbocycles. The summed E-state index contributed by atoms with van der Waals surface area (Å²) in [4.78, 5) is 15.4. The first-order valence-electron chi connectivity index (χ1n) is 9.45. The van der Waals surface area contributed by atoms with Crippen molar-refractivity contribution in [3.63, 3.8) is 0 Å². The number of ether oxygens (including phenoxy) is 1. The van der Waals surface area contributed by atoms with E-state index >= 15 is 0 Å². The van der Waals surface area contributed by atoms with Gasteiger partial charge in [-0.25, -0.2) is 9.97 Å². The number of nitrogens with one attached hydrogen (secondary N) is 1. The van der Waals surface area contributed by atoms with Gasteiger partial charge in [0.05, 0.1) is 18.0 Å². The quantitative estimate of drug-likeness (QED) is 0.738. The summed E-state index contributed by atoms with van der Waals surface area (Å²) < 4.78 is 5.58. The fraction of sp³-hybridized carbons (Fsp3) is 0.524. The molecule has 0 amide bonds. The molecule has 2 bridgehead atoms. The van der Waals surface area contributed by atoms with E-state index in [1.165, 1.54) is 19.3 Å². The average molecular weight is 350 g/mol. The van der Waals surface area contributed by atoms with Crippen molar-refractivity contribution in [1.82, 2.24) is 15.0 Å². The van der Waals surface area contributed by atoms with Crippen LogP contribution >= 0.6 is 0 Å².